The first-order valence-electron chi connectivity index (χ1n) is 8.05. The third-order valence-corrected chi connectivity index (χ3v) is 4.10. The third-order valence-electron chi connectivity index (χ3n) is 4.10. The molecule has 0 amide bonds. The van der Waals surface area contributed by atoms with Crippen LogP contribution in [0.3, 0.4) is 0 Å². The van der Waals surface area contributed by atoms with Gasteiger partial charge in [-0.2, -0.15) is 0 Å². The Morgan fingerprint density at radius 2 is 1.88 bits per heavy atom. The van der Waals surface area contributed by atoms with Gasteiger partial charge in [-0.15, -0.1) is 0 Å². The maximum absolute atomic E-state index is 9.96. The van der Waals surface area contributed by atoms with Gasteiger partial charge < -0.3 is 15.0 Å². The molecule has 0 bridgehead atoms. The first-order chi connectivity index (χ1) is 11.4. The van der Waals surface area contributed by atoms with Crippen molar-refractivity contribution in [2.24, 2.45) is 7.05 Å². The van der Waals surface area contributed by atoms with Gasteiger partial charge in [-0.25, -0.2) is 15.0 Å². The van der Waals surface area contributed by atoms with E-state index < -0.39 is 5.60 Å². The molecule has 0 aliphatic heterocycles. The third kappa shape index (κ3) is 3.16. The maximum Gasteiger partial charge on any atom is 0.159 e. The van der Waals surface area contributed by atoms with Gasteiger partial charge in [-0.05, 0) is 38.6 Å². The lowest BCUT2D eigenvalue weighted by Crippen LogP contribution is -2.19. The van der Waals surface area contributed by atoms with Crippen LogP contribution < -0.4 is 5.32 Å². The van der Waals surface area contributed by atoms with Crippen LogP contribution in [0.5, 0.6) is 0 Å². The van der Waals surface area contributed by atoms with Gasteiger partial charge in [0.05, 0.1) is 11.0 Å². The van der Waals surface area contributed by atoms with Crippen molar-refractivity contribution in [3.05, 3.63) is 42.2 Å². The quantitative estimate of drug-likeness (QED) is 0.750. The fourth-order valence-electron chi connectivity index (χ4n) is 2.67. The number of rotatable bonds is 5. The Labute approximate surface area is 141 Å². The number of aryl methyl sites for hydroxylation is 1. The molecule has 0 spiro atoms. The molecule has 6 nitrogen and oxygen atoms in total. The molecule has 2 heterocycles. The summed E-state index contributed by atoms with van der Waals surface area (Å²) in [5.74, 6) is 1.48. The Morgan fingerprint density at radius 1 is 1.17 bits per heavy atom. The number of likely N-dealkylation sites (N-methyl/N-ethyl adjacent to an activating group) is 1. The molecule has 126 valence electrons. The first kappa shape index (κ1) is 16.5. The van der Waals surface area contributed by atoms with Crippen molar-refractivity contribution in [1.82, 2.24) is 24.8 Å². The highest BCUT2D eigenvalue weighted by Gasteiger charge is 2.19. The highest BCUT2D eigenvalue weighted by atomic mass is 16.3. The maximum atomic E-state index is 9.96. The summed E-state index contributed by atoms with van der Waals surface area (Å²) < 4.78 is 2.13. The molecule has 0 unspecified atom stereocenters. The molecule has 0 fully saturated rings. The predicted molar refractivity (Wildman–Crippen MR) is 94.6 cm³/mol. The molecule has 6 heteroatoms. The minimum absolute atomic E-state index is 0.419. The van der Waals surface area contributed by atoms with Crippen molar-refractivity contribution >= 4 is 11.0 Å². The number of aromatic nitrogens is 4. The van der Waals surface area contributed by atoms with E-state index >= 15 is 0 Å². The lowest BCUT2D eigenvalue weighted by molar-refractivity contribution is 0.0687. The SMILES string of the molecule is CNCCc1nc2ccc(-c3cnc(C(C)(C)O)nc3)cc2n1C. The van der Waals surface area contributed by atoms with Crippen molar-refractivity contribution in [3.8, 4) is 11.1 Å². The van der Waals surface area contributed by atoms with Crippen LogP contribution in [0.4, 0.5) is 0 Å². The Hall–Kier alpha value is -2.31. The average Bonchev–Trinajstić information content (AvgIpc) is 2.88. The van der Waals surface area contributed by atoms with Gasteiger partial charge in [0.2, 0.25) is 0 Å². The zero-order chi connectivity index (χ0) is 17.3. The van der Waals surface area contributed by atoms with Crippen LogP contribution in [0.15, 0.2) is 30.6 Å². The van der Waals surface area contributed by atoms with Gasteiger partial charge >= 0.3 is 0 Å². The minimum Gasteiger partial charge on any atom is -0.382 e. The van der Waals surface area contributed by atoms with Crippen molar-refractivity contribution in [1.29, 1.82) is 0 Å². The number of hydrogen-bond acceptors (Lipinski definition) is 5. The van der Waals surface area contributed by atoms with E-state index in [1.807, 2.05) is 26.2 Å². The second kappa shape index (κ2) is 6.30. The summed E-state index contributed by atoms with van der Waals surface area (Å²) in [7, 11) is 3.98. The Balaban J connectivity index is 1.97. The minimum atomic E-state index is -1.03. The van der Waals surface area contributed by atoms with Crippen molar-refractivity contribution in [2.45, 2.75) is 25.9 Å². The largest absolute Gasteiger partial charge is 0.382 e. The topological polar surface area (TPSA) is 75.9 Å². The number of benzene rings is 1. The monoisotopic (exact) mass is 325 g/mol. The molecule has 0 atom stereocenters. The zero-order valence-electron chi connectivity index (χ0n) is 14.5. The summed E-state index contributed by atoms with van der Waals surface area (Å²) in [6.07, 6.45) is 4.39. The van der Waals surface area contributed by atoms with Crippen LogP contribution in [-0.2, 0) is 19.1 Å². The van der Waals surface area contributed by atoms with Gasteiger partial charge in [-0.1, -0.05) is 6.07 Å². The lowest BCUT2D eigenvalue weighted by atomic mass is 10.1. The molecule has 3 aromatic rings. The van der Waals surface area contributed by atoms with Crippen LogP contribution in [-0.4, -0.2) is 38.2 Å². The number of nitrogens with zero attached hydrogens (tertiary/aromatic N) is 4. The Kier molecular flexibility index (Phi) is 4.34. The fourth-order valence-corrected chi connectivity index (χ4v) is 2.67. The molecule has 0 aliphatic rings. The van der Waals surface area contributed by atoms with E-state index in [1.54, 1.807) is 26.2 Å². The van der Waals surface area contributed by atoms with E-state index in [0.717, 1.165) is 41.0 Å². The summed E-state index contributed by atoms with van der Waals surface area (Å²) in [4.78, 5) is 13.3. The van der Waals surface area contributed by atoms with Gasteiger partial charge in [0.25, 0.3) is 0 Å². The van der Waals surface area contributed by atoms with E-state index in [9.17, 15) is 5.11 Å². The van der Waals surface area contributed by atoms with Crippen LogP contribution in [0.2, 0.25) is 0 Å². The number of aliphatic hydroxyl groups is 1. The van der Waals surface area contributed by atoms with Gasteiger partial charge in [-0.3, -0.25) is 0 Å². The standard InChI is InChI=1S/C18H23N5O/c1-18(2,24)17-20-10-13(11-21-17)12-5-6-14-15(9-12)23(4)16(22-14)7-8-19-3/h5-6,9-11,19,24H,7-8H2,1-4H3. The molecule has 0 aliphatic carbocycles. The predicted octanol–water partition coefficient (Wildman–Crippen LogP) is 2.02. The molecule has 2 aromatic heterocycles. The van der Waals surface area contributed by atoms with E-state index in [-0.39, 0.29) is 0 Å². The highest BCUT2D eigenvalue weighted by molar-refractivity contribution is 5.82. The molecule has 3 rings (SSSR count). The summed E-state index contributed by atoms with van der Waals surface area (Å²) in [5, 5.41) is 13.1. The van der Waals surface area contributed by atoms with Crippen LogP contribution in [0, 0.1) is 0 Å². The zero-order valence-corrected chi connectivity index (χ0v) is 14.5. The van der Waals surface area contributed by atoms with Crippen LogP contribution in [0.1, 0.15) is 25.5 Å². The first-order valence-corrected chi connectivity index (χ1v) is 8.05. The molecule has 0 saturated heterocycles. The molecule has 0 radical (unpaired) electrons. The van der Waals surface area contributed by atoms with E-state index in [1.165, 1.54) is 0 Å². The second-order valence-electron chi connectivity index (χ2n) is 6.50. The normalized spacial score (nSPS) is 12.0. The summed E-state index contributed by atoms with van der Waals surface area (Å²) in [6.45, 7) is 4.25. The number of imidazole rings is 1. The molecular weight excluding hydrogens is 302 g/mol. The molecule has 24 heavy (non-hydrogen) atoms. The molecule has 1 aromatic carbocycles. The Morgan fingerprint density at radius 3 is 2.50 bits per heavy atom. The van der Waals surface area contributed by atoms with Gasteiger partial charge in [0.1, 0.15) is 11.4 Å². The number of nitrogens with one attached hydrogen (secondary N) is 1. The lowest BCUT2D eigenvalue weighted by Gasteiger charge is -2.15. The summed E-state index contributed by atoms with van der Waals surface area (Å²) >= 11 is 0. The van der Waals surface area contributed by atoms with Crippen molar-refractivity contribution in [2.75, 3.05) is 13.6 Å². The van der Waals surface area contributed by atoms with Crippen molar-refractivity contribution < 1.29 is 5.11 Å². The van der Waals surface area contributed by atoms with Crippen LogP contribution >= 0.6 is 0 Å². The van der Waals surface area contributed by atoms with E-state index in [2.05, 4.69) is 30.9 Å². The number of fused-ring (bicyclic) bond motifs is 1. The fraction of sp³-hybridized carbons (Fsp3) is 0.389. The number of hydrogen-bond donors (Lipinski definition) is 2. The van der Waals surface area contributed by atoms with Gasteiger partial charge in [0, 0.05) is 38.0 Å². The van der Waals surface area contributed by atoms with E-state index in [0.29, 0.717) is 5.82 Å². The smallest absolute Gasteiger partial charge is 0.159 e. The summed E-state index contributed by atoms with van der Waals surface area (Å²) in [5.41, 5.74) is 3.00. The molecular formula is C18H23N5O. The Bertz CT molecular complexity index is 846. The van der Waals surface area contributed by atoms with E-state index in [4.69, 9.17) is 0 Å². The summed E-state index contributed by atoms with van der Waals surface area (Å²) in [6, 6.07) is 6.16. The van der Waals surface area contributed by atoms with Crippen LogP contribution in [0.25, 0.3) is 22.2 Å². The van der Waals surface area contributed by atoms with Gasteiger partial charge in [0.15, 0.2) is 5.82 Å². The average molecular weight is 325 g/mol. The highest BCUT2D eigenvalue weighted by Crippen LogP contribution is 2.25. The molecule has 2 N–H and O–H groups in total. The second-order valence-corrected chi connectivity index (χ2v) is 6.50. The van der Waals surface area contributed by atoms with Crippen molar-refractivity contribution in [3.63, 3.8) is 0 Å². The molecule has 0 saturated carbocycles.